The number of nitrogens with zero attached hydrogens (tertiary/aromatic N) is 3. The molecule has 0 radical (unpaired) electrons. The largest absolute Gasteiger partial charge is 0.382 e. The zero-order valence-electron chi connectivity index (χ0n) is 9.23. The van der Waals surface area contributed by atoms with Crippen LogP contribution >= 0.6 is 0 Å². The zero-order chi connectivity index (χ0) is 10.7. The third kappa shape index (κ3) is 2.20. The van der Waals surface area contributed by atoms with E-state index in [0.29, 0.717) is 11.9 Å². The lowest BCUT2D eigenvalue weighted by Crippen LogP contribution is -2.30. The van der Waals surface area contributed by atoms with Gasteiger partial charge in [0.2, 0.25) is 0 Å². The number of rotatable bonds is 3. The van der Waals surface area contributed by atoms with Crippen LogP contribution in [-0.2, 0) is 0 Å². The molecule has 4 nitrogen and oxygen atoms in total. The Hall–Kier alpha value is -1.16. The molecule has 14 heavy (non-hydrogen) atoms. The summed E-state index contributed by atoms with van der Waals surface area (Å²) < 4.78 is 0. The molecule has 0 fully saturated rings. The Morgan fingerprint density at radius 2 is 1.79 bits per heavy atom. The van der Waals surface area contributed by atoms with Gasteiger partial charge in [-0.15, -0.1) is 0 Å². The van der Waals surface area contributed by atoms with Crippen LogP contribution in [0.4, 0.5) is 5.82 Å². The molecule has 0 amide bonds. The van der Waals surface area contributed by atoms with Crippen molar-refractivity contribution in [2.45, 2.75) is 32.9 Å². The van der Waals surface area contributed by atoms with Crippen molar-refractivity contribution in [1.82, 2.24) is 14.9 Å². The van der Waals surface area contributed by atoms with E-state index < -0.39 is 0 Å². The molecule has 0 bridgehead atoms. The number of hydrogen-bond donors (Lipinski definition) is 1. The molecule has 0 aliphatic heterocycles. The van der Waals surface area contributed by atoms with Gasteiger partial charge < -0.3 is 5.73 Å². The third-order valence-corrected chi connectivity index (χ3v) is 2.58. The second-order valence-electron chi connectivity index (χ2n) is 3.76. The Balaban J connectivity index is 2.89. The van der Waals surface area contributed by atoms with Gasteiger partial charge in [0.05, 0.1) is 11.7 Å². The second kappa shape index (κ2) is 4.37. The minimum atomic E-state index is 0.198. The lowest BCUT2D eigenvalue weighted by molar-refractivity contribution is 0.207. The Morgan fingerprint density at radius 1 is 1.21 bits per heavy atom. The molecule has 1 aromatic rings. The van der Waals surface area contributed by atoms with Crippen LogP contribution < -0.4 is 5.73 Å². The fourth-order valence-corrected chi connectivity index (χ4v) is 1.32. The Labute approximate surface area is 85.2 Å². The first-order valence-electron chi connectivity index (χ1n) is 4.82. The average molecular weight is 194 g/mol. The van der Waals surface area contributed by atoms with E-state index >= 15 is 0 Å². The van der Waals surface area contributed by atoms with E-state index in [-0.39, 0.29) is 6.04 Å². The molecule has 2 N–H and O–H groups in total. The van der Waals surface area contributed by atoms with Gasteiger partial charge in [0.1, 0.15) is 5.82 Å². The van der Waals surface area contributed by atoms with Crippen molar-refractivity contribution in [3.63, 3.8) is 0 Å². The predicted octanol–water partition coefficient (Wildman–Crippen LogP) is 1.46. The summed E-state index contributed by atoms with van der Waals surface area (Å²) in [4.78, 5) is 10.5. The van der Waals surface area contributed by atoms with Crippen LogP contribution in [0.1, 0.15) is 32.5 Å². The topological polar surface area (TPSA) is 55.0 Å². The minimum absolute atomic E-state index is 0.198. The summed E-state index contributed by atoms with van der Waals surface area (Å²) in [6, 6.07) is 0.662. The highest BCUT2D eigenvalue weighted by Crippen LogP contribution is 2.21. The summed E-state index contributed by atoms with van der Waals surface area (Å²) in [6.45, 7) is 6.37. The number of nitrogen functional groups attached to an aromatic ring is 1. The molecule has 78 valence electrons. The van der Waals surface area contributed by atoms with E-state index in [1.54, 1.807) is 12.4 Å². The summed E-state index contributed by atoms with van der Waals surface area (Å²) in [5.41, 5.74) is 6.61. The fraction of sp³-hybridized carbons (Fsp3) is 0.600. The normalized spacial score (nSPS) is 13.6. The lowest BCUT2D eigenvalue weighted by Gasteiger charge is -2.28. The molecule has 1 heterocycles. The van der Waals surface area contributed by atoms with Crippen LogP contribution in [0.2, 0.25) is 0 Å². The molecule has 0 spiro atoms. The van der Waals surface area contributed by atoms with Crippen LogP contribution in [0, 0.1) is 0 Å². The van der Waals surface area contributed by atoms with E-state index in [2.05, 4.69) is 42.7 Å². The molecule has 4 heteroatoms. The molecule has 1 atom stereocenters. The Kier molecular flexibility index (Phi) is 3.41. The highest BCUT2D eigenvalue weighted by Gasteiger charge is 2.17. The maximum absolute atomic E-state index is 5.76. The van der Waals surface area contributed by atoms with Crippen molar-refractivity contribution >= 4 is 5.82 Å². The van der Waals surface area contributed by atoms with Gasteiger partial charge in [0.15, 0.2) is 0 Å². The average Bonchev–Trinajstić information content (AvgIpc) is 2.16. The predicted molar refractivity (Wildman–Crippen MR) is 57.8 cm³/mol. The first kappa shape index (κ1) is 10.9. The molecule has 0 aromatic carbocycles. The number of aromatic nitrogens is 2. The lowest BCUT2D eigenvalue weighted by atomic mass is 10.1. The molecular formula is C10H18N4. The summed E-state index contributed by atoms with van der Waals surface area (Å²) in [7, 11) is 2.06. The number of nitrogens with two attached hydrogens (primary N) is 1. The molecular weight excluding hydrogens is 176 g/mol. The van der Waals surface area contributed by atoms with Crippen LogP contribution in [0.3, 0.4) is 0 Å². The van der Waals surface area contributed by atoms with Gasteiger partial charge in [-0.25, -0.2) is 4.98 Å². The number of hydrogen-bond acceptors (Lipinski definition) is 4. The number of anilines is 1. The second-order valence-corrected chi connectivity index (χ2v) is 3.76. The maximum atomic E-state index is 5.76. The standard InChI is InChI=1S/C10H18N4/c1-7(2)14(4)8(3)9-10(11)13-6-5-12-9/h5-8H,1-4H3,(H2,11,13). The monoisotopic (exact) mass is 194 g/mol. The molecule has 0 saturated heterocycles. The van der Waals surface area contributed by atoms with E-state index in [9.17, 15) is 0 Å². The van der Waals surface area contributed by atoms with Gasteiger partial charge >= 0.3 is 0 Å². The summed E-state index contributed by atoms with van der Waals surface area (Å²) in [6.07, 6.45) is 3.29. The van der Waals surface area contributed by atoms with Gasteiger partial charge in [-0.3, -0.25) is 9.88 Å². The molecule has 1 unspecified atom stereocenters. The Morgan fingerprint density at radius 3 is 2.29 bits per heavy atom. The summed E-state index contributed by atoms with van der Waals surface area (Å²) in [5.74, 6) is 0.521. The quantitative estimate of drug-likeness (QED) is 0.791. The molecule has 1 rings (SSSR count). The molecule has 0 aliphatic rings. The fourth-order valence-electron chi connectivity index (χ4n) is 1.32. The van der Waals surface area contributed by atoms with E-state index in [4.69, 9.17) is 5.73 Å². The SMILES string of the molecule is CC(C)N(C)C(C)c1nccnc1N. The van der Waals surface area contributed by atoms with Gasteiger partial charge in [-0.2, -0.15) is 0 Å². The highest BCUT2D eigenvalue weighted by atomic mass is 15.2. The molecule has 0 aliphatic carbocycles. The first-order valence-corrected chi connectivity index (χ1v) is 4.82. The van der Waals surface area contributed by atoms with Crippen LogP contribution in [0.15, 0.2) is 12.4 Å². The van der Waals surface area contributed by atoms with Gasteiger partial charge in [0.25, 0.3) is 0 Å². The van der Waals surface area contributed by atoms with E-state index in [1.807, 2.05) is 0 Å². The van der Waals surface area contributed by atoms with Crippen molar-refractivity contribution in [1.29, 1.82) is 0 Å². The zero-order valence-corrected chi connectivity index (χ0v) is 9.23. The van der Waals surface area contributed by atoms with Crippen molar-refractivity contribution in [3.05, 3.63) is 18.1 Å². The van der Waals surface area contributed by atoms with Crippen molar-refractivity contribution in [2.75, 3.05) is 12.8 Å². The summed E-state index contributed by atoms with van der Waals surface area (Å²) in [5, 5.41) is 0. The van der Waals surface area contributed by atoms with Gasteiger partial charge in [-0.05, 0) is 27.8 Å². The van der Waals surface area contributed by atoms with Crippen molar-refractivity contribution < 1.29 is 0 Å². The van der Waals surface area contributed by atoms with Crippen molar-refractivity contribution in [3.8, 4) is 0 Å². The smallest absolute Gasteiger partial charge is 0.146 e. The van der Waals surface area contributed by atoms with Gasteiger partial charge in [0, 0.05) is 18.4 Å². The van der Waals surface area contributed by atoms with Crippen LogP contribution in [0.25, 0.3) is 0 Å². The Bertz CT molecular complexity index is 298. The van der Waals surface area contributed by atoms with Crippen LogP contribution in [0.5, 0.6) is 0 Å². The first-order chi connectivity index (χ1) is 6.54. The van der Waals surface area contributed by atoms with E-state index in [1.165, 1.54) is 0 Å². The summed E-state index contributed by atoms with van der Waals surface area (Å²) >= 11 is 0. The molecule has 0 saturated carbocycles. The van der Waals surface area contributed by atoms with E-state index in [0.717, 1.165) is 5.69 Å². The maximum Gasteiger partial charge on any atom is 0.146 e. The van der Waals surface area contributed by atoms with Crippen LogP contribution in [-0.4, -0.2) is 28.0 Å². The third-order valence-electron chi connectivity index (χ3n) is 2.58. The minimum Gasteiger partial charge on any atom is -0.382 e. The molecule has 1 aromatic heterocycles. The van der Waals surface area contributed by atoms with Gasteiger partial charge in [-0.1, -0.05) is 0 Å². The highest BCUT2D eigenvalue weighted by molar-refractivity contribution is 5.35. The van der Waals surface area contributed by atoms with Crippen molar-refractivity contribution in [2.24, 2.45) is 0 Å².